The first-order valence-electron chi connectivity index (χ1n) is 5.70. The Morgan fingerprint density at radius 3 is 2.83 bits per heavy atom. The summed E-state index contributed by atoms with van der Waals surface area (Å²) in [5.41, 5.74) is 6.17. The minimum atomic E-state index is -0.961. The molecule has 0 unspecified atom stereocenters. The minimum absolute atomic E-state index is 0.0145. The predicted octanol–water partition coefficient (Wildman–Crippen LogP) is 1.17. The average molecular weight is 245 g/mol. The summed E-state index contributed by atoms with van der Waals surface area (Å²) in [5, 5.41) is 8.83. The van der Waals surface area contributed by atoms with Crippen LogP contribution in [0.2, 0.25) is 0 Å². The van der Waals surface area contributed by atoms with E-state index in [2.05, 4.69) is 0 Å². The molecule has 0 saturated heterocycles. The van der Waals surface area contributed by atoms with E-state index in [4.69, 9.17) is 15.7 Å². The highest BCUT2D eigenvalue weighted by Crippen LogP contribution is 2.38. The fourth-order valence-corrected chi connectivity index (χ4v) is 1.97. The third-order valence-electron chi connectivity index (χ3n) is 2.90. The second kappa shape index (κ2) is 4.31. The minimum Gasteiger partial charge on any atom is -0.476 e. The van der Waals surface area contributed by atoms with E-state index in [9.17, 15) is 4.79 Å². The Balaban J connectivity index is 2.52. The molecule has 18 heavy (non-hydrogen) atoms. The molecule has 1 aliphatic rings. The van der Waals surface area contributed by atoms with Crippen molar-refractivity contribution in [2.24, 2.45) is 5.73 Å². The SMILES string of the molecule is CC1(C)Oc2cc(CN)ccc2N(CC#N)C1=O. The lowest BCUT2D eigenvalue weighted by molar-refractivity contribution is -0.132. The summed E-state index contributed by atoms with van der Waals surface area (Å²) in [5.74, 6) is 0.384. The molecule has 1 heterocycles. The highest BCUT2D eigenvalue weighted by Gasteiger charge is 2.40. The van der Waals surface area contributed by atoms with Gasteiger partial charge in [-0.1, -0.05) is 6.07 Å². The highest BCUT2D eigenvalue weighted by atomic mass is 16.5. The first-order valence-corrected chi connectivity index (χ1v) is 5.70. The summed E-state index contributed by atoms with van der Waals surface area (Å²) < 4.78 is 5.69. The molecule has 0 aliphatic carbocycles. The second-order valence-corrected chi connectivity index (χ2v) is 4.67. The largest absolute Gasteiger partial charge is 0.476 e. The average Bonchev–Trinajstić information content (AvgIpc) is 2.34. The summed E-state index contributed by atoms with van der Waals surface area (Å²) in [6.07, 6.45) is 0. The van der Waals surface area contributed by atoms with Gasteiger partial charge in [0.25, 0.3) is 5.91 Å². The number of carbonyl (C=O) groups is 1. The third kappa shape index (κ3) is 1.91. The Morgan fingerprint density at radius 2 is 2.22 bits per heavy atom. The molecule has 94 valence electrons. The van der Waals surface area contributed by atoms with E-state index in [1.165, 1.54) is 4.90 Å². The monoisotopic (exact) mass is 245 g/mol. The molecule has 0 fully saturated rings. The molecule has 0 saturated carbocycles. The van der Waals surface area contributed by atoms with E-state index in [0.29, 0.717) is 18.0 Å². The van der Waals surface area contributed by atoms with E-state index in [0.717, 1.165) is 5.56 Å². The molecule has 0 spiro atoms. The summed E-state index contributed by atoms with van der Waals surface area (Å²) in [6.45, 7) is 3.80. The number of nitriles is 1. The van der Waals surface area contributed by atoms with Crippen molar-refractivity contribution in [3.05, 3.63) is 23.8 Å². The van der Waals surface area contributed by atoms with Crippen molar-refractivity contribution in [1.29, 1.82) is 5.26 Å². The van der Waals surface area contributed by atoms with Crippen molar-refractivity contribution in [3.63, 3.8) is 0 Å². The molecule has 0 atom stereocenters. The lowest BCUT2D eigenvalue weighted by atomic mass is 10.0. The molecule has 5 nitrogen and oxygen atoms in total. The topological polar surface area (TPSA) is 79.3 Å². The number of amides is 1. The quantitative estimate of drug-likeness (QED) is 0.793. The summed E-state index contributed by atoms with van der Waals surface area (Å²) in [4.78, 5) is 13.6. The molecule has 0 aromatic heterocycles. The van der Waals surface area contributed by atoms with Crippen molar-refractivity contribution in [2.75, 3.05) is 11.4 Å². The van der Waals surface area contributed by atoms with E-state index in [-0.39, 0.29) is 12.5 Å². The van der Waals surface area contributed by atoms with Crippen molar-refractivity contribution >= 4 is 11.6 Å². The van der Waals surface area contributed by atoms with Crippen molar-refractivity contribution in [3.8, 4) is 11.8 Å². The number of rotatable bonds is 2. The molecule has 2 rings (SSSR count). The van der Waals surface area contributed by atoms with Crippen LogP contribution in [0.4, 0.5) is 5.69 Å². The maximum atomic E-state index is 12.2. The van der Waals surface area contributed by atoms with Gasteiger partial charge in [0.15, 0.2) is 5.60 Å². The van der Waals surface area contributed by atoms with Crippen LogP contribution < -0.4 is 15.4 Å². The van der Waals surface area contributed by atoms with Gasteiger partial charge in [-0.2, -0.15) is 5.26 Å². The lowest BCUT2D eigenvalue weighted by Gasteiger charge is -2.37. The normalized spacial score (nSPS) is 16.8. The molecule has 1 aromatic carbocycles. The first-order chi connectivity index (χ1) is 8.49. The number of ether oxygens (including phenoxy) is 1. The number of nitrogens with zero attached hydrogens (tertiary/aromatic N) is 2. The van der Waals surface area contributed by atoms with Gasteiger partial charge in [0.2, 0.25) is 0 Å². The van der Waals surface area contributed by atoms with Crippen molar-refractivity contribution in [1.82, 2.24) is 0 Å². The zero-order chi connectivity index (χ0) is 13.3. The van der Waals surface area contributed by atoms with Gasteiger partial charge in [0, 0.05) is 6.54 Å². The fraction of sp³-hybridized carbons (Fsp3) is 0.385. The smallest absolute Gasteiger partial charge is 0.271 e. The van der Waals surface area contributed by atoms with Crippen LogP contribution in [0.5, 0.6) is 5.75 Å². The Hall–Kier alpha value is -2.06. The second-order valence-electron chi connectivity index (χ2n) is 4.67. The van der Waals surface area contributed by atoms with Crippen molar-refractivity contribution < 1.29 is 9.53 Å². The molecular weight excluding hydrogens is 230 g/mol. The molecule has 0 bridgehead atoms. The van der Waals surface area contributed by atoms with Crippen molar-refractivity contribution in [2.45, 2.75) is 26.0 Å². The lowest BCUT2D eigenvalue weighted by Crippen LogP contribution is -2.52. The van der Waals surface area contributed by atoms with Crippen LogP contribution in [0.15, 0.2) is 18.2 Å². The van der Waals surface area contributed by atoms with Gasteiger partial charge in [0.05, 0.1) is 11.8 Å². The zero-order valence-electron chi connectivity index (χ0n) is 10.4. The first kappa shape index (κ1) is 12.4. The van der Waals surface area contributed by atoms with Gasteiger partial charge < -0.3 is 10.5 Å². The fourth-order valence-electron chi connectivity index (χ4n) is 1.97. The number of nitrogens with two attached hydrogens (primary N) is 1. The van der Waals surface area contributed by atoms with Crippen LogP contribution in [-0.4, -0.2) is 18.1 Å². The highest BCUT2D eigenvalue weighted by molar-refractivity contribution is 6.02. The maximum Gasteiger partial charge on any atom is 0.271 e. The number of fused-ring (bicyclic) bond motifs is 1. The molecule has 1 amide bonds. The van der Waals surface area contributed by atoms with E-state index < -0.39 is 5.60 Å². The van der Waals surface area contributed by atoms with Gasteiger partial charge in [-0.3, -0.25) is 9.69 Å². The third-order valence-corrected chi connectivity index (χ3v) is 2.90. The molecular formula is C13H15N3O2. The van der Waals surface area contributed by atoms with Crippen LogP contribution in [-0.2, 0) is 11.3 Å². The van der Waals surface area contributed by atoms with Gasteiger partial charge >= 0.3 is 0 Å². The Labute approximate surface area is 106 Å². The maximum absolute atomic E-state index is 12.2. The molecule has 1 aromatic rings. The summed E-state index contributed by atoms with van der Waals surface area (Å²) in [6, 6.07) is 7.41. The zero-order valence-corrected chi connectivity index (χ0v) is 10.4. The van der Waals surface area contributed by atoms with Crippen LogP contribution >= 0.6 is 0 Å². The number of hydrogen-bond acceptors (Lipinski definition) is 4. The standard InChI is InChI=1S/C13H15N3O2/c1-13(2)12(17)16(6-5-14)10-4-3-9(8-15)7-11(10)18-13/h3-4,7H,6,8,15H2,1-2H3. The molecule has 2 N–H and O–H groups in total. The predicted molar refractivity (Wildman–Crippen MR) is 67.0 cm³/mol. The van der Waals surface area contributed by atoms with Crippen LogP contribution in [0.25, 0.3) is 0 Å². The van der Waals surface area contributed by atoms with E-state index in [1.807, 2.05) is 18.2 Å². The molecule has 5 heteroatoms. The van der Waals surface area contributed by atoms with E-state index >= 15 is 0 Å². The Kier molecular flexibility index (Phi) is 2.97. The van der Waals surface area contributed by atoms with Gasteiger partial charge in [0.1, 0.15) is 12.3 Å². The Bertz CT molecular complexity index is 532. The number of carbonyl (C=O) groups excluding carboxylic acids is 1. The van der Waals surface area contributed by atoms with Gasteiger partial charge in [-0.05, 0) is 31.5 Å². The van der Waals surface area contributed by atoms with Crippen LogP contribution in [0.3, 0.4) is 0 Å². The molecule has 0 radical (unpaired) electrons. The summed E-state index contributed by atoms with van der Waals surface area (Å²) in [7, 11) is 0. The van der Waals surface area contributed by atoms with Crippen LogP contribution in [0.1, 0.15) is 19.4 Å². The number of hydrogen-bond donors (Lipinski definition) is 1. The Morgan fingerprint density at radius 1 is 1.50 bits per heavy atom. The van der Waals surface area contributed by atoms with Crippen LogP contribution in [0, 0.1) is 11.3 Å². The van der Waals surface area contributed by atoms with E-state index in [1.54, 1.807) is 19.9 Å². The van der Waals surface area contributed by atoms with Gasteiger partial charge in [-0.15, -0.1) is 0 Å². The number of benzene rings is 1. The molecule has 1 aliphatic heterocycles. The number of anilines is 1. The summed E-state index contributed by atoms with van der Waals surface area (Å²) >= 11 is 0. The van der Waals surface area contributed by atoms with Gasteiger partial charge in [-0.25, -0.2) is 0 Å².